The van der Waals surface area contributed by atoms with Gasteiger partial charge < -0.3 is 29.0 Å². The number of hydrogen-bond acceptors (Lipinski definition) is 12. The summed E-state index contributed by atoms with van der Waals surface area (Å²) in [6.45, 7) is 0.759. The zero-order chi connectivity index (χ0) is 45.5. The molecule has 1 N–H and O–H groups in total. The maximum Gasteiger partial charge on any atom is 0.329 e. The Morgan fingerprint density at radius 2 is 1.14 bits per heavy atom. The van der Waals surface area contributed by atoms with Gasteiger partial charge in [-0.2, -0.15) is 8.61 Å². The van der Waals surface area contributed by atoms with Crippen molar-refractivity contribution >= 4 is 53.5 Å². The molecule has 3 aliphatic heterocycles. The number of rotatable bonds is 13. The molecular formula is C49H49N3O11S2. The molecule has 0 amide bonds. The van der Waals surface area contributed by atoms with Crippen LogP contribution >= 0.6 is 0 Å². The van der Waals surface area contributed by atoms with Crippen molar-refractivity contribution in [1.82, 2.24) is 13.9 Å². The molecule has 65 heavy (non-hydrogen) atoms. The van der Waals surface area contributed by atoms with Crippen LogP contribution in [-0.4, -0.2) is 90.4 Å². The molecule has 338 valence electrons. The highest BCUT2D eigenvalue weighted by molar-refractivity contribution is 7.89. The third-order valence-electron chi connectivity index (χ3n) is 12.6. The summed E-state index contributed by atoms with van der Waals surface area (Å²) in [5.41, 5.74) is 2.18. The van der Waals surface area contributed by atoms with Crippen LogP contribution < -0.4 is 29.0 Å². The molecule has 0 aromatic heterocycles. The Balaban J connectivity index is 1.04. The highest BCUT2D eigenvalue weighted by Crippen LogP contribution is 2.42. The number of sulfonamides is 2. The van der Waals surface area contributed by atoms with Crippen molar-refractivity contribution in [3.05, 3.63) is 126 Å². The van der Waals surface area contributed by atoms with Gasteiger partial charge in [-0.05, 0) is 120 Å². The molecule has 3 aliphatic rings. The zero-order valence-corrected chi connectivity index (χ0v) is 37.8. The van der Waals surface area contributed by atoms with Crippen molar-refractivity contribution in [1.29, 1.82) is 0 Å². The van der Waals surface area contributed by atoms with Crippen molar-refractivity contribution < 1.29 is 50.1 Å². The van der Waals surface area contributed by atoms with E-state index in [4.69, 9.17) is 23.7 Å². The van der Waals surface area contributed by atoms with Gasteiger partial charge >= 0.3 is 11.9 Å². The number of hydrogen-bond donors (Lipinski definition) is 1. The lowest BCUT2D eigenvalue weighted by Crippen LogP contribution is -2.43. The lowest BCUT2D eigenvalue weighted by Gasteiger charge is -2.30. The van der Waals surface area contributed by atoms with Gasteiger partial charge in [0.25, 0.3) is 0 Å². The van der Waals surface area contributed by atoms with Crippen LogP contribution in [0, 0.1) is 0 Å². The van der Waals surface area contributed by atoms with E-state index < -0.39 is 50.1 Å². The van der Waals surface area contributed by atoms with Gasteiger partial charge in [0.2, 0.25) is 25.8 Å². The molecule has 0 aliphatic carbocycles. The van der Waals surface area contributed by atoms with Gasteiger partial charge in [0.15, 0.2) is 11.5 Å². The number of benzene rings is 6. The number of ether oxygens (including phenoxy) is 5. The number of methoxy groups -OCH3 is 3. The van der Waals surface area contributed by atoms with Crippen LogP contribution in [0.5, 0.6) is 28.7 Å². The van der Waals surface area contributed by atoms with E-state index in [0.29, 0.717) is 60.6 Å². The van der Waals surface area contributed by atoms with Gasteiger partial charge in [-0.1, -0.05) is 60.7 Å². The standard InChI is InChI=1S/C49H49N3O11S2/c1-59-45-25-31(26-46(60-2)47(45)61-3)24-41-40-29-36(62-48(53)42-14-8-22-51(42)64(55,56)37-18-16-32-10-4-6-12-34(32)27-37)30-44(39(40)20-21-50-41)63-49(54)43-15-9-23-52(43)65(57,58)38-19-17-33-11-5-7-13-35(33)28-38/h4-7,10-13,16-19,25-30,41-43,50H,8-9,14-15,20-24H2,1-3H3/t41?,42-,43-/m0/s1. The molecule has 0 spiro atoms. The second-order valence-corrected chi connectivity index (χ2v) is 20.2. The van der Waals surface area contributed by atoms with Crippen LogP contribution in [0.2, 0.25) is 0 Å². The Labute approximate surface area is 378 Å². The Hall–Kier alpha value is -6.04. The van der Waals surface area contributed by atoms with Gasteiger partial charge in [-0.25, -0.2) is 26.4 Å². The van der Waals surface area contributed by atoms with Crippen LogP contribution in [0.4, 0.5) is 0 Å². The summed E-state index contributed by atoms with van der Waals surface area (Å²) in [5.74, 6) is -0.0141. The summed E-state index contributed by atoms with van der Waals surface area (Å²) >= 11 is 0. The SMILES string of the molecule is COc1cc(CC2NCCc3c(OC(=O)[C@@H]4CCCN4S(=O)(=O)c4ccc5ccccc5c4)cc(OC(=O)[C@@H]4CCCN4S(=O)(=O)c4ccc5ccccc5c4)cc32)cc(OC)c1OC. The van der Waals surface area contributed by atoms with Crippen molar-refractivity contribution in [3.63, 3.8) is 0 Å². The number of carbonyl (C=O) groups excluding carboxylic acids is 2. The molecule has 2 saturated heterocycles. The molecule has 3 heterocycles. The number of carbonyl (C=O) groups is 2. The maximum atomic E-state index is 14.3. The predicted molar refractivity (Wildman–Crippen MR) is 244 cm³/mol. The summed E-state index contributed by atoms with van der Waals surface area (Å²) in [6, 6.07) is 28.9. The predicted octanol–water partition coefficient (Wildman–Crippen LogP) is 6.97. The number of fused-ring (bicyclic) bond motifs is 3. The fraction of sp³-hybridized carbons (Fsp3) is 0.306. The molecular weight excluding hydrogens is 871 g/mol. The van der Waals surface area contributed by atoms with Crippen LogP contribution in [0.15, 0.2) is 119 Å². The molecule has 16 heteroatoms. The van der Waals surface area contributed by atoms with Crippen molar-refractivity contribution in [3.8, 4) is 28.7 Å². The Kier molecular flexibility index (Phi) is 12.3. The normalized spacial score (nSPS) is 19.2. The van der Waals surface area contributed by atoms with E-state index in [1.807, 2.05) is 60.7 Å². The average Bonchev–Trinajstić information content (AvgIpc) is 4.04. The molecule has 0 saturated carbocycles. The molecule has 6 aromatic carbocycles. The molecule has 14 nitrogen and oxygen atoms in total. The second kappa shape index (κ2) is 18.1. The van der Waals surface area contributed by atoms with E-state index in [2.05, 4.69) is 5.32 Å². The van der Waals surface area contributed by atoms with Crippen LogP contribution in [0.3, 0.4) is 0 Å². The largest absolute Gasteiger partial charge is 0.493 e. The van der Waals surface area contributed by atoms with Crippen molar-refractivity contribution in [2.45, 2.75) is 66.4 Å². The molecule has 1 unspecified atom stereocenters. The van der Waals surface area contributed by atoms with E-state index in [1.165, 1.54) is 36.0 Å². The number of nitrogens with zero attached hydrogens (tertiary/aromatic N) is 2. The minimum atomic E-state index is -4.11. The lowest BCUT2D eigenvalue weighted by atomic mass is 9.89. The zero-order valence-electron chi connectivity index (χ0n) is 36.2. The van der Waals surface area contributed by atoms with Gasteiger partial charge in [0.05, 0.1) is 31.1 Å². The second-order valence-electron chi connectivity index (χ2n) is 16.4. The molecule has 3 atom stereocenters. The highest BCUT2D eigenvalue weighted by Gasteiger charge is 2.43. The Morgan fingerprint density at radius 1 is 0.615 bits per heavy atom. The van der Waals surface area contributed by atoms with Crippen LogP contribution in [0.1, 0.15) is 48.4 Å². The third-order valence-corrected chi connectivity index (χ3v) is 16.4. The van der Waals surface area contributed by atoms with Crippen molar-refractivity contribution in [2.24, 2.45) is 0 Å². The lowest BCUT2D eigenvalue weighted by molar-refractivity contribution is -0.138. The summed E-state index contributed by atoms with van der Waals surface area (Å²) in [5, 5.41) is 6.83. The molecule has 2 fully saturated rings. The van der Waals surface area contributed by atoms with Crippen LogP contribution in [-0.2, 0) is 42.5 Å². The Morgan fingerprint density at radius 3 is 1.66 bits per heavy atom. The first kappa shape index (κ1) is 44.2. The van der Waals surface area contributed by atoms with Gasteiger partial charge in [0, 0.05) is 30.8 Å². The maximum absolute atomic E-state index is 14.3. The summed E-state index contributed by atoms with van der Waals surface area (Å²) < 4.78 is 88.0. The number of nitrogens with one attached hydrogen (secondary N) is 1. The van der Waals surface area contributed by atoms with Crippen molar-refractivity contribution in [2.75, 3.05) is 41.0 Å². The molecule has 6 aromatic rings. The monoisotopic (exact) mass is 919 g/mol. The highest BCUT2D eigenvalue weighted by atomic mass is 32.2. The van der Waals surface area contributed by atoms with Gasteiger partial charge in [0.1, 0.15) is 23.6 Å². The van der Waals surface area contributed by atoms with E-state index in [1.54, 1.807) is 42.5 Å². The quantitative estimate of drug-likeness (QED) is 0.0936. The number of esters is 2. The van der Waals surface area contributed by atoms with Gasteiger partial charge in [-0.15, -0.1) is 0 Å². The smallest absolute Gasteiger partial charge is 0.329 e. The third kappa shape index (κ3) is 8.52. The summed E-state index contributed by atoms with van der Waals surface area (Å²) in [7, 11) is -3.61. The first-order valence-electron chi connectivity index (χ1n) is 21.5. The average molecular weight is 920 g/mol. The topological polar surface area (TPSA) is 167 Å². The molecule has 0 bridgehead atoms. The van der Waals surface area contributed by atoms with E-state index >= 15 is 0 Å². The fourth-order valence-electron chi connectivity index (χ4n) is 9.34. The molecule has 0 radical (unpaired) electrons. The Bertz CT molecular complexity index is 3030. The minimum Gasteiger partial charge on any atom is -0.493 e. The minimum absolute atomic E-state index is 0.0390. The van der Waals surface area contributed by atoms with Gasteiger partial charge in [-0.3, -0.25) is 0 Å². The molecule has 9 rings (SSSR count). The van der Waals surface area contributed by atoms with E-state index in [0.717, 1.165) is 27.1 Å². The summed E-state index contributed by atoms with van der Waals surface area (Å²) in [4.78, 5) is 28.7. The first-order chi connectivity index (χ1) is 31.4. The summed E-state index contributed by atoms with van der Waals surface area (Å²) in [6.07, 6.45) is 2.21. The van der Waals surface area contributed by atoms with E-state index in [9.17, 15) is 26.4 Å². The van der Waals surface area contributed by atoms with Crippen LogP contribution in [0.25, 0.3) is 21.5 Å². The van der Waals surface area contributed by atoms with E-state index in [-0.39, 0.29) is 47.2 Å². The fourth-order valence-corrected chi connectivity index (χ4v) is 12.7. The first-order valence-corrected chi connectivity index (χ1v) is 24.4.